The average Bonchev–Trinajstić information content (AvgIpc) is 1.78. The first-order valence-corrected chi connectivity index (χ1v) is 2.54. The summed E-state index contributed by atoms with van der Waals surface area (Å²) in [5.41, 5.74) is 0. The zero-order chi connectivity index (χ0) is 6.91. The maximum Gasteiger partial charge on any atom is 0.186 e. The van der Waals surface area contributed by atoms with E-state index in [9.17, 15) is 4.79 Å². The summed E-state index contributed by atoms with van der Waals surface area (Å²) in [6.45, 7) is 3.17. The number of ether oxygens (including phenoxy) is 1. The molecule has 3 nitrogen and oxygen atoms in total. The Hall–Kier alpha value is -0.670. The quantitative estimate of drug-likeness (QED) is 0.484. The molecule has 0 aromatic heterocycles. The Morgan fingerprint density at radius 1 is 1.89 bits per heavy atom. The fraction of sp³-hybridized carbons (Fsp3) is 0.333. The lowest BCUT2D eigenvalue weighted by Crippen LogP contribution is -2.32. The monoisotopic (exact) mass is 127 g/mol. The zero-order valence-corrected chi connectivity index (χ0v) is 4.83. The molecule has 0 fully saturated rings. The number of carbonyl (C=O) groups is 1. The molecule has 3 heteroatoms. The van der Waals surface area contributed by atoms with Gasteiger partial charge in [0.1, 0.15) is 6.61 Å². The highest BCUT2D eigenvalue weighted by Gasteiger charge is 2.22. The Bertz CT molecular complexity index is 158. The predicted octanol–water partition coefficient (Wildman–Crippen LogP) is -0.335. The Morgan fingerprint density at radius 3 is 2.89 bits per heavy atom. The molecule has 1 N–H and O–H groups in total. The van der Waals surface area contributed by atoms with Crippen LogP contribution in [-0.4, -0.2) is 23.3 Å². The molecular formula is C6H7O3. The lowest BCUT2D eigenvalue weighted by Gasteiger charge is -2.21. The van der Waals surface area contributed by atoms with Crippen molar-refractivity contribution in [3.8, 4) is 0 Å². The van der Waals surface area contributed by atoms with Gasteiger partial charge in [0.2, 0.25) is 0 Å². The molecule has 9 heavy (non-hydrogen) atoms. The van der Waals surface area contributed by atoms with Crippen molar-refractivity contribution in [2.45, 2.75) is 5.79 Å². The van der Waals surface area contributed by atoms with Crippen molar-refractivity contribution < 1.29 is 14.6 Å². The zero-order valence-electron chi connectivity index (χ0n) is 4.83. The summed E-state index contributed by atoms with van der Waals surface area (Å²) >= 11 is 0. The van der Waals surface area contributed by atoms with Gasteiger partial charge in [0.15, 0.2) is 11.6 Å². The van der Waals surface area contributed by atoms with Crippen molar-refractivity contribution in [1.82, 2.24) is 0 Å². The summed E-state index contributed by atoms with van der Waals surface area (Å²) in [5.74, 6) is -1.64. The maximum absolute atomic E-state index is 10.4. The number of aliphatic hydroxyl groups is 1. The van der Waals surface area contributed by atoms with Gasteiger partial charge in [0, 0.05) is 6.92 Å². The molecule has 0 saturated carbocycles. The lowest BCUT2D eigenvalue weighted by atomic mass is 10.2. The van der Waals surface area contributed by atoms with Gasteiger partial charge in [0.25, 0.3) is 0 Å². The molecule has 0 saturated heterocycles. The van der Waals surface area contributed by atoms with Gasteiger partial charge in [-0.3, -0.25) is 4.79 Å². The molecule has 1 rings (SSSR count). The second-order valence-corrected chi connectivity index (χ2v) is 1.93. The van der Waals surface area contributed by atoms with Crippen molar-refractivity contribution in [1.29, 1.82) is 0 Å². The number of rotatable bonds is 0. The molecule has 0 aliphatic carbocycles. The van der Waals surface area contributed by atoms with Gasteiger partial charge in [-0.2, -0.15) is 0 Å². The van der Waals surface area contributed by atoms with Gasteiger partial charge in [0.05, 0.1) is 0 Å². The van der Waals surface area contributed by atoms with Crippen molar-refractivity contribution in [2.24, 2.45) is 0 Å². The molecule has 1 atom stereocenters. The number of hydrogen-bond acceptors (Lipinski definition) is 3. The Labute approximate surface area is 52.9 Å². The molecule has 0 bridgehead atoms. The summed E-state index contributed by atoms with van der Waals surface area (Å²) < 4.78 is 4.59. The Morgan fingerprint density at radius 2 is 2.56 bits per heavy atom. The minimum atomic E-state index is -1.49. The highest BCUT2D eigenvalue weighted by atomic mass is 16.6. The Balaban J connectivity index is 2.69. The molecule has 49 valence electrons. The van der Waals surface area contributed by atoms with Crippen LogP contribution in [0.15, 0.2) is 12.2 Å². The largest absolute Gasteiger partial charge is 0.362 e. The minimum absolute atomic E-state index is 0.0868. The Kier molecular flexibility index (Phi) is 1.38. The molecule has 0 spiro atoms. The minimum Gasteiger partial charge on any atom is -0.362 e. The molecule has 0 aromatic carbocycles. The second-order valence-electron chi connectivity index (χ2n) is 1.93. The van der Waals surface area contributed by atoms with Crippen LogP contribution >= 0.6 is 0 Å². The van der Waals surface area contributed by atoms with Gasteiger partial charge in [-0.1, -0.05) is 0 Å². The maximum atomic E-state index is 10.4. The topological polar surface area (TPSA) is 46.5 Å². The van der Waals surface area contributed by atoms with Gasteiger partial charge in [-0.25, -0.2) is 0 Å². The van der Waals surface area contributed by atoms with E-state index < -0.39 is 5.79 Å². The second kappa shape index (κ2) is 1.93. The van der Waals surface area contributed by atoms with E-state index in [1.165, 1.54) is 12.2 Å². The van der Waals surface area contributed by atoms with Crippen LogP contribution < -0.4 is 0 Å². The van der Waals surface area contributed by atoms with E-state index in [2.05, 4.69) is 11.7 Å². The van der Waals surface area contributed by atoms with E-state index in [0.29, 0.717) is 0 Å². The smallest absolute Gasteiger partial charge is 0.186 e. The first-order chi connectivity index (χ1) is 4.10. The average molecular weight is 127 g/mol. The van der Waals surface area contributed by atoms with Crippen molar-refractivity contribution in [2.75, 3.05) is 6.61 Å². The van der Waals surface area contributed by atoms with Crippen LogP contribution in [0.25, 0.3) is 0 Å². The molecular weight excluding hydrogens is 120 g/mol. The van der Waals surface area contributed by atoms with Crippen LogP contribution in [0, 0.1) is 6.92 Å². The normalized spacial score (nSPS) is 35.1. The van der Waals surface area contributed by atoms with Gasteiger partial charge >= 0.3 is 0 Å². The number of hydrogen-bond donors (Lipinski definition) is 1. The van der Waals surface area contributed by atoms with Crippen molar-refractivity contribution >= 4 is 5.78 Å². The predicted molar refractivity (Wildman–Crippen MR) is 30.4 cm³/mol. The van der Waals surface area contributed by atoms with Crippen LogP contribution in [0.4, 0.5) is 0 Å². The molecule has 0 aromatic rings. The molecule has 1 aliphatic rings. The summed E-state index contributed by atoms with van der Waals surface area (Å²) in [6.07, 6.45) is 2.48. The van der Waals surface area contributed by atoms with Gasteiger partial charge in [-0.05, 0) is 12.2 Å². The first kappa shape index (κ1) is 6.45. The molecule has 1 radical (unpaired) electrons. The highest BCUT2D eigenvalue weighted by Crippen LogP contribution is 2.10. The molecule has 1 heterocycles. The summed E-state index contributed by atoms with van der Waals surface area (Å²) in [4.78, 5) is 10.4. The molecule has 1 unspecified atom stereocenters. The third-order valence-corrected chi connectivity index (χ3v) is 0.994. The third-order valence-electron chi connectivity index (χ3n) is 0.994. The summed E-state index contributed by atoms with van der Waals surface area (Å²) in [5, 5.41) is 8.92. The summed E-state index contributed by atoms with van der Waals surface area (Å²) in [6, 6.07) is 0. The summed E-state index contributed by atoms with van der Waals surface area (Å²) in [7, 11) is 0. The fourth-order valence-electron chi connectivity index (χ4n) is 0.515. The van der Waals surface area contributed by atoms with Crippen LogP contribution in [0.3, 0.4) is 0 Å². The van der Waals surface area contributed by atoms with Crippen LogP contribution in [0.2, 0.25) is 0 Å². The van der Waals surface area contributed by atoms with E-state index >= 15 is 0 Å². The van der Waals surface area contributed by atoms with E-state index in [0.717, 1.165) is 0 Å². The standard InChI is InChI=1S/C6H7O3/c1-6(8)3-2-5(7)4-9-6/h2-3,8H,1,4H2. The van der Waals surface area contributed by atoms with Crippen molar-refractivity contribution in [3.63, 3.8) is 0 Å². The lowest BCUT2D eigenvalue weighted by molar-refractivity contribution is -0.154. The molecule has 1 aliphatic heterocycles. The van der Waals surface area contributed by atoms with E-state index in [4.69, 9.17) is 5.11 Å². The van der Waals surface area contributed by atoms with Gasteiger partial charge < -0.3 is 9.84 Å². The van der Waals surface area contributed by atoms with Crippen molar-refractivity contribution in [3.05, 3.63) is 19.1 Å². The molecule has 0 amide bonds. The van der Waals surface area contributed by atoms with E-state index in [1.807, 2.05) is 0 Å². The van der Waals surface area contributed by atoms with Crippen LogP contribution in [0.5, 0.6) is 0 Å². The number of ketones is 1. The fourth-order valence-corrected chi connectivity index (χ4v) is 0.515. The third kappa shape index (κ3) is 1.62. The van der Waals surface area contributed by atoms with E-state index in [1.54, 1.807) is 0 Å². The SMILES string of the molecule is [CH2]C1(O)C=CC(=O)CO1. The number of carbonyl (C=O) groups excluding carboxylic acids is 1. The van der Waals surface area contributed by atoms with Gasteiger partial charge in [-0.15, -0.1) is 0 Å². The highest BCUT2D eigenvalue weighted by molar-refractivity contribution is 5.91. The first-order valence-electron chi connectivity index (χ1n) is 2.54. The van der Waals surface area contributed by atoms with Crippen LogP contribution in [0.1, 0.15) is 0 Å². The van der Waals surface area contributed by atoms with Crippen LogP contribution in [-0.2, 0) is 9.53 Å². The van der Waals surface area contributed by atoms with E-state index in [-0.39, 0.29) is 12.4 Å².